The van der Waals surface area contributed by atoms with E-state index in [4.69, 9.17) is 4.74 Å². The van der Waals surface area contributed by atoms with Gasteiger partial charge in [-0.25, -0.2) is 9.59 Å². The van der Waals surface area contributed by atoms with Gasteiger partial charge in [0.2, 0.25) is 5.91 Å². The number of hydrogen-bond donors (Lipinski definition) is 1. The first kappa shape index (κ1) is 20.7. The molecule has 0 aliphatic carbocycles. The number of nitrogens with one attached hydrogen (secondary N) is 1. The SMILES string of the molecule is COC(=O)c1ccc(C(C)NC(=O)C2CCCN2C(=O)OC(C)(C)C)cc1. The third-order valence-electron chi connectivity index (χ3n) is 4.37. The zero-order valence-electron chi connectivity index (χ0n) is 16.6. The van der Waals surface area contributed by atoms with Crippen LogP contribution in [0.3, 0.4) is 0 Å². The van der Waals surface area contributed by atoms with E-state index >= 15 is 0 Å². The van der Waals surface area contributed by atoms with Crippen molar-refractivity contribution in [3.63, 3.8) is 0 Å². The zero-order chi connectivity index (χ0) is 20.2. The summed E-state index contributed by atoms with van der Waals surface area (Å²) in [6.45, 7) is 7.77. The standard InChI is InChI=1S/C20H28N2O5/c1-13(14-8-10-15(11-9-14)18(24)26-5)21-17(23)16-7-6-12-22(16)19(25)27-20(2,3)4/h8-11,13,16H,6-7,12H2,1-5H3,(H,21,23). The van der Waals surface area contributed by atoms with E-state index in [1.54, 1.807) is 45.0 Å². The Morgan fingerprint density at radius 2 is 1.81 bits per heavy atom. The van der Waals surface area contributed by atoms with Crippen molar-refractivity contribution in [2.75, 3.05) is 13.7 Å². The highest BCUT2D eigenvalue weighted by Crippen LogP contribution is 2.22. The highest BCUT2D eigenvalue weighted by atomic mass is 16.6. The van der Waals surface area contributed by atoms with E-state index in [2.05, 4.69) is 10.1 Å². The summed E-state index contributed by atoms with van der Waals surface area (Å²) < 4.78 is 10.1. The van der Waals surface area contributed by atoms with E-state index in [1.165, 1.54) is 12.0 Å². The molecule has 1 saturated heterocycles. The van der Waals surface area contributed by atoms with Gasteiger partial charge in [0.05, 0.1) is 18.7 Å². The zero-order valence-corrected chi connectivity index (χ0v) is 16.6. The average molecular weight is 376 g/mol. The number of carbonyl (C=O) groups is 3. The summed E-state index contributed by atoms with van der Waals surface area (Å²) >= 11 is 0. The Balaban J connectivity index is 2.00. The van der Waals surface area contributed by atoms with Crippen molar-refractivity contribution in [3.8, 4) is 0 Å². The molecule has 0 saturated carbocycles. The molecular formula is C20H28N2O5. The molecule has 2 unspecified atom stereocenters. The van der Waals surface area contributed by atoms with Gasteiger partial charge in [0, 0.05) is 6.54 Å². The topological polar surface area (TPSA) is 84.9 Å². The molecule has 1 N–H and O–H groups in total. The van der Waals surface area contributed by atoms with Crippen molar-refractivity contribution in [2.24, 2.45) is 0 Å². The van der Waals surface area contributed by atoms with Gasteiger partial charge in [-0.05, 0) is 58.2 Å². The van der Waals surface area contributed by atoms with Crippen LogP contribution in [0.4, 0.5) is 4.79 Å². The molecule has 1 fully saturated rings. The molecule has 0 bridgehead atoms. The van der Waals surface area contributed by atoms with E-state index < -0.39 is 23.7 Å². The largest absolute Gasteiger partial charge is 0.465 e. The lowest BCUT2D eigenvalue weighted by Gasteiger charge is -2.28. The van der Waals surface area contributed by atoms with Crippen molar-refractivity contribution in [2.45, 2.75) is 58.2 Å². The lowest BCUT2D eigenvalue weighted by atomic mass is 10.1. The number of likely N-dealkylation sites (tertiary alicyclic amines) is 1. The second-order valence-corrected chi connectivity index (χ2v) is 7.68. The van der Waals surface area contributed by atoms with Crippen molar-refractivity contribution in [3.05, 3.63) is 35.4 Å². The second-order valence-electron chi connectivity index (χ2n) is 7.68. The van der Waals surface area contributed by atoms with Gasteiger partial charge in [-0.2, -0.15) is 0 Å². The predicted molar refractivity (Wildman–Crippen MR) is 100 cm³/mol. The first-order valence-corrected chi connectivity index (χ1v) is 9.10. The molecule has 7 nitrogen and oxygen atoms in total. The summed E-state index contributed by atoms with van der Waals surface area (Å²) in [5.41, 5.74) is 0.708. The molecular weight excluding hydrogens is 348 g/mol. The molecule has 7 heteroatoms. The molecule has 1 aliphatic heterocycles. The lowest BCUT2D eigenvalue weighted by molar-refractivity contribution is -0.126. The highest BCUT2D eigenvalue weighted by molar-refractivity contribution is 5.89. The minimum Gasteiger partial charge on any atom is -0.465 e. The number of benzene rings is 1. The maximum Gasteiger partial charge on any atom is 0.410 e. The Morgan fingerprint density at radius 1 is 1.19 bits per heavy atom. The lowest BCUT2D eigenvalue weighted by Crippen LogP contribution is -2.48. The molecule has 2 atom stereocenters. The normalized spacial score (nSPS) is 18.0. The molecule has 1 heterocycles. The van der Waals surface area contributed by atoms with Gasteiger partial charge in [-0.1, -0.05) is 12.1 Å². The van der Waals surface area contributed by atoms with Crippen LogP contribution < -0.4 is 5.32 Å². The molecule has 1 aliphatic rings. The van der Waals surface area contributed by atoms with Gasteiger partial charge in [-0.3, -0.25) is 9.69 Å². The summed E-state index contributed by atoms with van der Waals surface area (Å²) in [6, 6.07) is 6.08. The van der Waals surface area contributed by atoms with Crippen LogP contribution in [0.25, 0.3) is 0 Å². The molecule has 0 radical (unpaired) electrons. The Kier molecular flexibility index (Phi) is 6.46. The highest BCUT2D eigenvalue weighted by Gasteiger charge is 2.37. The fraction of sp³-hybridized carbons (Fsp3) is 0.550. The summed E-state index contributed by atoms with van der Waals surface area (Å²) in [6.07, 6.45) is 0.911. The number of amides is 2. The molecule has 2 amide bonds. The molecule has 0 aromatic heterocycles. The third kappa shape index (κ3) is 5.45. The Hall–Kier alpha value is -2.57. The van der Waals surface area contributed by atoms with E-state index in [9.17, 15) is 14.4 Å². The smallest absolute Gasteiger partial charge is 0.410 e. The molecule has 0 spiro atoms. The van der Waals surface area contributed by atoms with Crippen LogP contribution in [0.2, 0.25) is 0 Å². The number of esters is 1. The van der Waals surface area contributed by atoms with Crippen molar-refractivity contribution < 1.29 is 23.9 Å². The van der Waals surface area contributed by atoms with Crippen LogP contribution in [-0.4, -0.2) is 48.2 Å². The number of ether oxygens (including phenoxy) is 2. The van der Waals surface area contributed by atoms with Crippen LogP contribution in [0.1, 0.15) is 62.5 Å². The minimum absolute atomic E-state index is 0.206. The summed E-state index contributed by atoms with van der Waals surface area (Å²) in [5, 5.41) is 2.94. The van der Waals surface area contributed by atoms with Gasteiger partial charge in [0.15, 0.2) is 0 Å². The third-order valence-corrected chi connectivity index (χ3v) is 4.37. The number of hydrogen-bond acceptors (Lipinski definition) is 5. The predicted octanol–water partition coefficient (Wildman–Crippen LogP) is 3.05. The Morgan fingerprint density at radius 3 is 2.37 bits per heavy atom. The average Bonchev–Trinajstić information content (AvgIpc) is 3.09. The quantitative estimate of drug-likeness (QED) is 0.817. The van der Waals surface area contributed by atoms with Gasteiger partial charge in [0.1, 0.15) is 11.6 Å². The second kappa shape index (κ2) is 8.41. The first-order chi connectivity index (χ1) is 12.6. The number of methoxy groups -OCH3 is 1. The maximum absolute atomic E-state index is 12.7. The molecule has 2 rings (SSSR count). The van der Waals surface area contributed by atoms with Gasteiger partial charge in [0.25, 0.3) is 0 Å². The number of rotatable bonds is 4. The fourth-order valence-corrected chi connectivity index (χ4v) is 3.00. The van der Waals surface area contributed by atoms with Crippen LogP contribution >= 0.6 is 0 Å². The van der Waals surface area contributed by atoms with Crippen LogP contribution in [-0.2, 0) is 14.3 Å². The minimum atomic E-state index is -0.602. The van der Waals surface area contributed by atoms with E-state index in [0.29, 0.717) is 18.5 Å². The molecule has 27 heavy (non-hydrogen) atoms. The maximum atomic E-state index is 12.7. The summed E-state index contributed by atoms with van der Waals surface area (Å²) in [4.78, 5) is 38.0. The van der Waals surface area contributed by atoms with Crippen molar-refractivity contribution in [1.82, 2.24) is 10.2 Å². The van der Waals surface area contributed by atoms with Crippen molar-refractivity contribution >= 4 is 18.0 Å². The van der Waals surface area contributed by atoms with E-state index in [1.807, 2.05) is 6.92 Å². The summed E-state index contributed by atoms with van der Waals surface area (Å²) in [7, 11) is 1.33. The Bertz CT molecular complexity index is 693. The molecule has 1 aromatic carbocycles. The fourth-order valence-electron chi connectivity index (χ4n) is 3.00. The number of carbonyl (C=O) groups excluding carboxylic acids is 3. The monoisotopic (exact) mass is 376 g/mol. The molecule has 1 aromatic rings. The van der Waals surface area contributed by atoms with Gasteiger partial charge < -0.3 is 14.8 Å². The first-order valence-electron chi connectivity index (χ1n) is 9.10. The summed E-state index contributed by atoms with van der Waals surface area (Å²) in [5.74, 6) is -0.611. The number of nitrogens with zero attached hydrogens (tertiary/aromatic N) is 1. The van der Waals surface area contributed by atoms with Gasteiger partial charge >= 0.3 is 12.1 Å². The Labute approximate surface area is 160 Å². The van der Waals surface area contributed by atoms with Crippen LogP contribution in [0.5, 0.6) is 0 Å². The van der Waals surface area contributed by atoms with Crippen LogP contribution in [0, 0.1) is 0 Å². The van der Waals surface area contributed by atoms with Crippen LogP contribution in [0.15, 0.2) is 24.3 Å². The van der Waals surface area contributed by atoms with Crippen molar-refractivity contribution in [1.29, 1.82) is 0 Å². The van der Waals surface area contributed by atoms with Gasteiger partial charge in [-0.15, -0.1) is 0 Å². The van der Waals surface area contributed by atoms with E-state index in [0.717, 1.165) is 12.0 Å². The molecule has 148 valence electrons. The van der Waals surface area contributed by atoms with E-state index in [-0.39, 0.29) is 11.9 Å².